The third kappa shape index (κ3) is 5.08. The SMILES string of the molecule is CCNCc1cc(Br)ccc1OCCCC1CCCO1. The molecule has 20 heavy (non-hydrogen) atoms. The van der Waals surface area contributed by atoms with Gasteiger partial charge in [-0.05, 0) is 50.4 Å². The lowest BCUT2D eigenvalue weighted by Crippen LogP contribution is -2.13. The van der Waals surface area contributed by atoms with Gasteiger partial charge >= 0.3 is 0 Å². The van der Waals surface area contributed by atoms with E-state index >= 15 is 0 Å². The fourth-order valence-corrected chi connectivity index (χ4v) is 2.86. The molecule has 1 heterocycles. The number of hydrogen-bond acceptors (Lipinski definition) is 3. The van der Waals surface area contributed by atoms with Gasteiger partial charge in [0.25, 0.3) is 0 Å². The van der Waals surface area contributed by atoms with Crippen LogP contribution >= 0.6 is 15.9 Å². The number of halogens is 1. The highest BCUT2D eigenvalue weighted by atomic mass is 79.9. The molecule has 1 aromatic carbocycles. The van der Waals surface area contributed by atoms with Crippen LogP contribution in [-0.2, 0) is 11.3 Å². The Morgan fingerprint density at radius 2 is 2.35 bits per heavy atom. The van der Waals surface area contributed by atoms with Crippen molar-refractivity contribution in [2.45, 2.75) is 45.3 Å². The summed E-state index contributed by atoms with van der Waals surface area (Å²) in [6, 6.07) is 6.20. The highest BCUT2D eigenvalue weighted by molar-refractivity contribution is 9.10. The highest BCUT2D eigenvalue weighted by Gasteiger charge is 2.14. The minimum absolute atomic E-state index is 0.463. The van der Waals surface area contributed by atoms with Crippen molar-refractivity contribution >= 4 is 15.9 Å². The maximum absolute atomic E-state index is 5.93. The molecule has 0 aromatic heterocycles. The van der Waals surface area contributed by atoms with Crippen LogP contribution in [0.2, 0.25) is 0 Å². The second-order valence-electron chi connectivity index (χ2n) is 5.16. The number of ether oxygens (including phenoxy) is 2. The quantitative estimate of drug-likeness (QED) is 0.727. The zero-order valence-electron chi connectivity index (χ0n) is 12.2. The van der Waals surface area contributed by atoms with Crippen LogP contribution in [0.15, 0.2) is 22.7 Å². The Morgan fingerprint density at radius 1 is 1.45 bits per heavy atom. The molecule has 0 bridgehead atoms. The van der Waals surface area contributed by atoms with Crippen molar-refractivity contribution in [3.8, 4) is 5.75 Å². The Hall–Kier alpha value is -0.580. The van der Waals surface area contributed by atoms with E-state index < -0.39 is 0 Å². The molecule has 112 valence electrons. The van der Waals surface area contributed by atoms with Crippen LogP contribution in [0.4, 0.5) is 0 Å². The number of benzene rings is 1. The minimum atomic E-state index is 0.463. The summed E-state index contributed by atoms with van der Waals surface area (Å²) in [5.74, 6) is 0.987. The topological polar surface area (TPSA) is 30.5 Å². The summed E-state index contributed by atoms with van der Waals surface area (Å²) in [4.78, 5) is 0. The second-order valence-corrected chi connectivity index (χ2v) is 6.07. The van der Waals surface area contributed by atoms with Crippen LogP contribution in [-0.4, -0.2) is 25.9 Å². The molecule has 0 saturated carbocycles. The van der Waals surface area contributed by atoms with E-state index in [1.54, 1.807) is 0 Å². The molecule has 1 atom stereocenters. The van der Waals surface area contributed by atoms with Crippen LogP contribution in [0.3, 0.4) is 0 Å². The van der Waals surface area contributed by atoms with E-state index in [2.05, 4.69) is 34.2 Å². The van der Waals surface area contributed by atoms with E-state index in [0.717, 1.165) is 49.4 Å². The fraction of sp³-hybridized carbons (Fsp3) is 0.625. The predicted octanol–water partition coefficient (Wildman–Crippen LogP) is 3.90. The van der Waals surface area contributed by atoms with E-state index in [9.17, 15) is 0 Å². The summed E-state index contributed by atoms with van der Waals surface area (Å²) in [5.41, 5.74) is 1.21. The molecule has 0 aliphatic carbocycles. The molecule has 1 unspecified atom stereocenters. The first-order chi connectivity index (χ1) is 9.79. The Labute approximate surface area is 130 Å². The van der Waals surface area contributed by atoms with Crippen molar-refractivity contribution in [3.63, 3.8) is 0 Å². The van der Waals surface area contributed by atoms with E-state index in [-0.39, 0.29) is 0 Å². The standard InChI is InChI=1S/C16H24BrNO2/c1-2-18-12-13-11-14(17)7-8-16(13)20-10-4-6-15-5-3-9-19-15/h7-8,11,15,18H,2-6,9-10,12H2,1H3. The molecular formula is C16H24BrNO2. The zero-order chi connectivity index (χ0) is 14.2. The lowest BCUT2D eigenvalue weighted by Gasteiger charge is -2.13. The van der Waals surface area contributed by atoms with Gasteiger partial charge in [-0.15, -0.1) is 0 Å². The zero-order valence-corrected chi connectivity index (χ0v) is 13.7. The molecule has 1 fully saturated rings. The summed E-state index contributed by atoms with van der Waals surface area (Å²) in [7, 11) is 0. The smallest absolute Gasteiger partial charge is 0.123 e. The van der Waals surface area contributed by atoms with Gasteiger partial charge in [0.1, 0.15) is 5.75 Å². The molecular weight excluding hydrogens is 318 g/mol. The van der Waals surface area contributed by atoms with E-state index in [1.807, 2.05) is 12.1 Å². The maximum atomic E-state index is 5.93. The van der Waals surface area contributed by atoms with Crippen molar-refractivity contribution in [3.05, 3.63) is 28.2 Å². The molecule has 0 spiro atoms. The number of nitrogens with one attached hydrogen (secondary N) is 1. The molecule has 1 N–H and O–H groups in total. The van der Waals surface area contributed by atoms with Gasteiger partial charge in [-0.3, -0.25) is 0 Å². The van der Waals surface area contributed by atoms with Gasteiger partial charge in [0.05, 0.1) is 12.7 Å². The fourth-order valence-electron chi connectivity index (χ4n) is 2.45. The molecule has 1 aliphatic heterocycles. The monoisotopic (exact) mass is 341 g/mol. The van der Waals surface area contributed by atoms with Gasteiger partial charge in [-0.1, -0.05) is 22.9 Å². The lowest BCUT2D eigenvalue weighted by atomic mass is 10.1. The normalized spacial score (nSPS) is 18.4. The highest BCUT2D eigenvalue weighted by Crippen LogP contribution is 2.24. The molecule has 4 heteroatoms. The Balaban J connectivity index is 1.78. The third-order valence-corrected chi connectivity index (χ3v) is 4.03. The second kappa shape index (κ2) is 8.65. The molecule has 3 nitrogen and oxygen atoms in total. The van der Waals surface area contributed by atoms with Crippen molar-refractivity contribution in [2.24, 2.45) is 0 Å². The first-order valence-electron chi connectivity index (χ1n) is 7.53. The van der Waals surface area contributed by atoms with Crippen molar-refractivity contribution < 1.29 is 9.47 Å². The lowest BCUT2D eigenvalue weighted by molar-refractivity contribution is 0.0981. The van der Waals surface area contributed by atoms with Crippen LogP contribution in [0.5, 0.6) is 5.75 Å². The number of rotatable bonds is 8. The Kier molecular flexibility index (Phi) is 6.83. The van der Waals surface area contributed by atoms with Crippen molar-refractivity contribution in [2.75, 3.05) is 19.8 Å². The predicted molar refractivity (Wildman–Crippen MR) is 85.2 cm³/mol. The van der Waals surface area contributed by atoms with E-state index in [1.165, 1.54) is 18.4 Å². The van der Waals surface area contributed by atoms with Gasteiger partial charge in [-0.2, -0.15) is 0 Å². The summed E-state index contributed by atoms with van der Waals surface area (Å²) in [6.45, 7) is 5.62. The molecule has 0 amide bonds. The van der Waals surface area contributed by atoms with Gasteiger partial charge in [-0.25, -0.2) is 0 Å². The van der Waals surface area contributed by atoms with Crippen LogP contribution < -0.4 is 10.1 Å². The summed E-state index contributed by atoms with van der Waals surface area (Å²) < 4.78 is 12.7. The molecule has 1 aliphatic rings. The van der Waals surface area contributed by atoms with Gasteiger partial charge in [0, 0.05) is 23.2 Å². The van der Waals surface area contributed by atoms with Crippen molar-refractivity contribution in [1.29, 1.82) is 0 Å². The van der Waals surface area contributed by atoms with Crippen LogP contribution in [0, 0.1) is 0 Å². The maximum Gasteiger partial charge on any atom is 0.123 e. The summed E-state index contributed by atoms with van der Waals surface area (Å²) in [5, 5.41) is 3.35. The first kappa shape index (κ1) is 15.8. The van der Waals surface area contributed by atoms with E-state index in [4.69, 9.17) is 9.47 Å². The minimum Gasteiger partial charge on any atom is -0.493 e. The van der Waals surface area contributed by atoms with E-state index in [0.29, 0.717) is 6.10 Å². The Bertz CT molecular complexity index is 405. The first-order valence-corrected chi connectivity index (χ1v) is 8.32. The average Bonchev–Trinajstić information content (AvgIpc) is 2.96. The summed E-state index contributed by atoms with van der Waals surface area (Å²) >= 11 is 3.51. The average molecular weight is 342 g/mol. The summed E-state index contributed by atoms with van der Waals surface area (Å²) in [6.07, 6.45) is 5.06. The molecule has 2 rings (SSSR count). The van der Waals surface area contributed by atoms with Crippen LogP contribution in [0.1, 0.15) is 38.2 Å². The van der Waals surface area contributed by atoms with Crippen LogP contribution in [0.25, 0.3) is 0 Å². The number of hydrogen-bond donors (Lipinski definition) is 1. The largest absolute Gasteiger partial charge is 0.493 e. The molecule has 0 radical (unpaired) electrons. The molecule has 1 saturated heterocycles. The van der Waals surface area contributed by atoms with Gasteiger partial charge in [0.2, 0.25) is 0 Å². The Morgan fingerprint density at radius 3 is 3.10 bits per heavy atom. The molecule has 1 aromatic rings. The van der Waals surface area contributed by atoms with Gasteiger partial charge < -0.3 is 14.8 Å². The third-order valence-electron chi connectivity index (χ3n) is 3.54. The van der Waals surface area contributed by atoms with Gasteiger partial charge in [0.15, 0.2) is 0 Å². The van der Waals surface area contributed by atoms with Crippen molar-refractivity contribution in [1.82, 2.24) is 5.32 Å².